The summed E-state index contributed by atoms with van der Waals surface area (Å²) >= 11 is 0. The van der Waals surface area contributed by atoms with Crippen molar-refractivity contribution < 1.29 is 49.7 Å². The average Bonchev–Trinajstić information content (AvgIpc) is 2.58. The van der Waals surface area contributed by atoms with E-state index in [1.807, 2.05) is 0 Å². The number of carbonyl (C=O) groups is 2. The Morgan fingerprint density at radius 2 is 1.59 bits per heavy atom. The number of rotatable bonds is 7. The molecule has 1 fully saturated rings. The van der Waals surface area contributed by atoms with Crippen molar-refractivity contribution in [1.29, 1.82) is 0 Å². The Hall–Kier alpha value is -2.40. The molecule has 27 heavy (non-hydrogen) atoms. The number of esters is 1. The third kappa shape index (κ3) is 5.54. The molecular formula is C17H22O10. The number of aliphatic hydroxyl groups excluding tert-OH is 3. The summed E-state index contributed by atoms with van der Waals surface area (Å²) in [4.78, 5) is 22.8. The first-order chi connectivity index (χ1) is 12.7. The van der Waals surface area contributed by atoms with Gasteiger partial charge in [-0.25, -0.2) is 4.79 Å². The molecular weight excluding hydrogens is 364 g/mol. The van der Waals surface area contributed by atoms with Crippen LogP contribution in [0.1, 0.15) is 24.8 Å². The van der Waals surface area contributed by atoms with Gasteiger partial charge in [0.1, 0.15) is 29.8 Å². The van der Waals surface area contributed by atoms with E-state index in [0.717, 1.165) is 0 Å². The fraction of sp³-hybridized carbons (Fsp3) is 0.529. The van der Waals surface area contributed by atoms with Gasteiger partial charge in [-0.2, -0.15) is 0 Å². The van der Waals surface area contributed by atoms with Crippen LogP contribution in [0.3, 0.4) is 0 Å². The number of aliphatic carboxylic acids is 1. The quantitative estimate of drug-likeness (QED) is 0.258. The fourth-order valence-corrected chi connectivity index (χ4v) is 2.74. The number of hydrogen-bond donors (Lipinski definition) is 6. The van der Waals surface area contributed by atoms with Crippen molar-refractivity contribution in [3.05, 3.63) is 23.8 Å². The first-order valence-corrected chi connectivity index (χ1v) is 8.33. The Morgan fingerprint density at radius 1 is 0.963 bits per heavy atom. The number of ether oxygens (including phenoxy) is 2. The summed E-state index contributed by atoms with van der Waals surface area (Å²) in [7, 11) is 0. The van der Waals surface area contributed by atoms with Gasteiger partial charge in [-0.15, -0.1) is 0 Å². The van der Waals surface area contributed by atoms with E-state index in [9.17, 15) is 35.1 Å². The molecule has 1 aliphatic rings. The standard InChI is InChI=1S/C17H22O10/c18-9-5-8(6-10(19)7-9)3-1-2-4-11(20)26-17-14(23)12(21)13(22)15(27-17)16(24)25/h5-7,12-15,17-19,21-23H,1-4H2,(H,24,25)/t12-,13-,14+,15-,17+/m0/s1. The number of phenols is 2. The Labute approximate surface area is 154 Å². The second-order valence-electron chi connectivity index (χ2n) is 6.29. The largest absolute Gasteiger partial charge is 0.508 e. The second kappa shape index (κ2) is 9.00. The molecule has 0 unspecified atom stereocenters. The van der Waals surface area contributed by atoms with Crippen molar-refractivity contribution in [3.8, 4) is 11.5 Å². The molecule has 0 amide bonds. The minimum absolute atomic E-state index is 0.0617. The van der Waals surface area contributed by atoms with Gasteiger partial charge < -0.3 is 40.1 Å². The zero-order chi connectivity index (χ0) is 20.1. The Balaban J connectivity index is 1.80. The normalized spacial score (nSPS) is 27.9. The van der Waals surface area contributed by atoms with E-state index in [1.165, 1.54) is 18.2 Å². The SMILES string of the molecule is O=C(CCCCc1cc(O)cc(O)c1)O[C@@H]1O[C@H](C(=O)O)[C@@H](O)[C@H](O)[C@H]1O. The Kier molecular flexibility index (Phi) is 6.97. The molecule has 10 heteroatoms. The van der Waals surface area contributed by atoms with E-state index < -0.39 is 42.6 Å². The molecule has 1 aliphatic heterocycles. The summed E-state index contributed by atoms with van der Waals surface area (Å²) in [6, 6.07) is 4.18. The van der Waals surface area contributed by atoms with Gasteiger partial charge in [0.15, 0.2) is 6.10 Å². The molecule has 2 rings (SSSR count). The minimum atomic E-state index is -1.86. The first-order valence-electron chi connectivity index (χ1n) is 8.33. The maximum Gasteiger partial charge on any atom is 0.335 e. The summed E-state index contributed by atoms with van der Waals surface area (Å²) in [6.07, 6.45) is -7.68. The van der Waals surface area contributed by atoms with Gasteiger partial charge in [0.05, 0.1) is 0 Å². The number of phenolic OH excluding ortho intramolecular Hbond substituents is 2. The van der Waals surface area contributed by atoms with Crippen LogP contribution < -0.4 is 0 Å². The van der Waals surface area contributed by atoms with Crippen LogP contribution in [0.2, 0.25) is 0 Å². The van der Waals surface area contributed by atoms with Crippen LogP contribution in [-0.4, -0.2) is 73.3 Å². The zero-order valence-electron chi connectivity index (χ0n) is 14.3. The molecule has 0 aliphatic carbocycles. The lowest BCUT2D eigenvalue weighted by molar-refractivity contribution is -0.286. The van der Waals surface area contributed by atoms with Crippen molar-refractivity contribution in [1.82, 2.24) is 0 Å². The fourth-order valence-electron chi connectivity index (χ4n) is 2.74. The van der Waals surface area contributed by atoms with Crippen molar-refractivity contribution in [2.24, 2.45) is 0 Å². The number of unbranched alkanes of at least 4 members (excludes halogenated alkanes) is 1. The van der Waals surface area contributed by atoms with E-state index in [-0.39, 0.29) is 17.9 Å². The molecule has 0 bridgehead atoms. The number of carboxylic acids is 1. The van der Waals surface area contributed by atoms with Gasteiger partial charge >= 0.3 is 11.9 Å². The van der Waals surface area contributed by atoms with Gasteiger partial charge in [-0.3, -0.25) is 4.79 Å². The lowest BCUT2D eigenvalue weighted by atomic mass is 9.99. The highest BCUT2D eigenvalue weighted by Gasteiger charge is 2.48. The van der Waals surface area contributed by atoms with E-state index in [2.05, 4.69) is 0 Å². The van der Waals surface area contributed by atoms with Gasteiger partial charge in [0.25, 0.3) is 0 Å². The molecule has 0 spiro atoms. The Morgan fingerprint density at radius 3 is 2.19 bits per heavy atom. The topological polar surface area (TPSA) is 174 Å². The number of carboxylic acid groups (broad SMARTS) is 1. The Bertz CT molecular complexity index is 655. The third-order valence-corrected chi connectivity index (χ3v) is 4.12. The van der Waals surface area contributed by atoms with E-state index in [4.69, 9.17) is 14.6 Å². The molecule has 0 saturated carbocycles. The number of aliphatic hydroxyl groups is 3. The summed E-state index contributed by atoms with van der Waals surface area (Å²) < 4.78 is 9.72. The summed E-state index contributed by atoms with van der Waals surface area (Å²) in [5, 5.41) is 56.7. The van der Waals surface area contributed by atoms with E-state index in [1.54, 1.807) is 0 Å². The van der Waals surface area contributed by atoms with Crippen molar-refractivity contribution in [3.63, 3.8) is 0 Å². The van der Waals surface area contributed by atoms with Crippen LogP contribution in [0, 0.1) is 0 Å². The maximum atomic E-state index is 11.9. The molecule has 6 N–H and O–H groups in total. The molecule has 150 valence electrons. The number of aryl methyl sites for hydroxylation is 1. The van der Waals surface area contributed by atoms with Gasteiger partial charge in [-0.1, -0.05) is 0 Å². The van der Waals surface area contributed by atoms with Gasteiger partial charge in [-0.05, 0) is 37.0 Å². The van der Waals surface area contributed by atoms with Gasteiger partial charge in [0.2, 0.25) is 6.29 Å². The van der Waals surface area contributed by atoms with Crippen LogP contribution in [-0.2, 0) is 25.5 Å². The van der Waals surface area contributed by atoms with Crippen molar-refractivity contribution in [2.45, 2.75) is 56.4 Å². The smallest absolute Gasteiger partial charge is 0.335 e. The minimum Gasteiger partial charge on any atom is -0.508 e. The summed E-state index contributed by atoms with van der Waals surface area (Å²) in [6.45, 7) is 0. The van der Waals surface area contributed by atoms with Crippen LogP contribution in [0.15, 0.2) is 18.2 Å². The number of carbonyl (C=O) groups excluding carboxylic acids is 1. The lowest BCUT2D eigenvalue weighted by Gasteiger charge is -2.37. The van der Waals surface area contributed by atoms with E-state index >= 15 is 0 Å². The highest BCUT2D eigenvalue weighted by atomic mass is 16.7. The second-order valence-corrected chi connectivity index (χ2v) is 6.29. The molecule has 1 aromatic rings. The van der Waals surface area contributed by atoms with E-state index in [0.29, 0.717) is 24.8 Å². The van der Waals surface area contributed by atoms with Crippen LogP contribution in [0.5, 0.6) is 11.5 Å². The molecule has 1 heterocycles. The summed E-state index contributed by atoms with van der Waals surface area (Å²) in [5.74, 6) is -2.47. The summed E-state index contributed by atoms with van der Waals surface area (Å²) in [5.41, 5.74) is 0.688. The molecule has 0 radical (unpaired) electrons. The maximum absolute atomic E-state index is 11.9. The van der Waals surface area contributed by atoms with Crippen molar-refractivity contribution in [2.75, 3.05) is 0 Å². The van der Waals surface area contributed by atoms with Crippen LogP contribution >= 0.6 is 0 Å². The molecule has 1 saturated heterocycles. The molecule has 1 aromatic carbocycles. The highest BCUT2D eigenvalue weighted by Crippen LogP contribution is 2.24. The third-order valence-electron chi connectivity index (χ3n) is 4.12. The highest BCUT2D eigenvalue weighted by molar-refractivity contribution is 5.73. The lowest BCUT2D eigenvalue weighted by Crippen LogP contribution is -2.60. The predicted molar refractivity (Wildman–Crippen MR) is 87.7 cm³/mol. The van der Waals surface area contributed by atoms with Crippen LogP contribution in [0.25, 0.3) is 0 Å². The zero-order valence-corrected chi connectivity index (χ0v) is 14.3. The molecule has 10 nitrogen and oxygen atoms in total. The first kappa shape index (κ1) is 20.9. The molecule has 5 atom stereocenters. The average molecular weight is 386 g/mol. The molecule has 0 aromatic heterocycles. The van der Waals surface area contributed by atoms with Gasteiger partial charge in [0, 0.05) is 12.5 Å². The van der Waals surface area contributed by atoms with Crippen LogP contribution in [0.4, 0.5) is 0 Å². The van der Waals surface area contributed by atoms with Crippen molar-refractivity contribution >= 4 is 11.9 Å². The monoisotopic (exact) mass is 386 g/mol. The number of hydrogen-bond acceptors (Lipinski definition) is 9. The number of benzene rings is 1. The predicted octanol–water partition coefficient (Wildman–Crippen LogP) is -0.754. The number of aromatic hydroxyl groups is 2.